The van der Waals surface area contributed by atoms with E-state index in [9.17, 15) is 9.18 Å². The molecule has 2 aromatic rings. The average Bonchev–Trinajstić information content (AvgIpc) is 2.96. The van der Waals surface area contributed by atoms with Gasteiger partial charge < -0.3 is 14.2 Å². The van der Waals surface area contributed by atoms with Gasteiger partial charge in [0.1, 0.15) is 28.9 Å². The number of amides is 1. The van der Waals surface area contributed by atoms with E-state index in [-0.39, 0.29) is 24.1 Å². The highest BCUT2D eigenvalue weighted by Crippen LogP contribution is 2.36. The van der Waals surface area contributed by atoms with Gasteiger partial charge in [0, 0.05) is 12.6 Å². The first-order valence-electron chi connectivity index (χ1n) is 7.33. The molecule has 0 aliphatic carbocycles. The molecule has 5 nitrogen and oxygen atoms in total. The fourth-order valence-corrected chi connectivity index (χ4v) is 2.96. The van der Waals surface area contributed by atoms with Gasteiger partial charge in [-0.3, -0.25) is 4.79 Å². The lowest BCUT2D eigenvalue weighted by atomic mass is 10.0. The molecule has 1 aliphatic rings. The van der Waals surface area contributed by atoms with E-state index in [0.717, 1.165) is 18.4 Å². The summed E-state index contributed by atoms with van der Waals surface area (Å²) in [6.45, 7) is 2.34. The Kier molecular flexibility index (Phi) is 4.63. The van der Waals surface area contributed by atoms with Crippen molar-refractivity contribution >= 4 is 23.2 Å². The molecule has 7 heteroatoms. The predicted octanol–water partition coefficient (Wildman–Crippen LogP) is 3.27. The van der Waals surface area contributed by atoms with Crippen molar-refractivity contribution in [2.45, 2.75) is 26.4 Å². The zero-order chi connectivity index (χ0) is 16.4. The topological polar surface area (TPSA) is 55.6 Å². The van der Waals surface area contributed by atoms with E-state index in [1.54, 1.807) is 19.1 Å². The SMILES string of the molecule is Cc1cc(COCC(=O)N2CCCc3ccc(F)c(Cl)c32)no1. The fraction of sp³-hybridized carbons (Fsp3) is 0.375. The van der Waals surface area contributed by atoms with Crippen LogP contribution >= 0.6 is 11.6 Å². The monoisotopic (exact) mass is 338 g/mol. The summed E-state index contributed by atoms with van der Waals surface area (Å²) in [6, 6.07) is 4.75. The summed E-state index contributed by atoms with van der Waals surface area (Å²) in [4.78, 5) is 13.9. The molecule has 1 aliphatic heterocycles. The third-order valence-corrected chi connectivity index (χ3v) is 4.06. The molecule has 3 rings (SSSR count). The minimum Gasteiger partial charge on any atom is -0.365 e. The zero-order valence-electron chi connectivity index (χ0n) is 12.6. The van der Waals surface area contributed by atoms with Crippen molar-refractivity contribution in [1.82, 2.24) is 5.16 Å². The Labute approximate surface area is 138 Å². The number of aromatic nitrogens is 1. The molecule has 0 saturated carbocycles. The number of carbonyl (C=O) groups is 1. The molecule has 122 valence electrons. The molecule has 0 N–H and O–H groups in total. The van der Waals surface area contributed by atoms with Crippen molar-refractivity contribution in [3.8, 4) is 0 Å². The molecule has 1 aromatic heterocycles. The Hall–Kier alpha value is -1.92. The molecule has 1 amide bonds. The second kappa shape index (κ2) is 6.68. The molecular formula is C16H16ClFN2O3. The van der Waals surface area contributed by atoms with Crippen LogP contribution in [0, 0.1) is 12.7 Å². The largest absolute Gasteiger partial charge is 0.365 e. The van der Waals surface area contributed by atoms with Crippen molar-refractivity contribution in [3.63, 3.8) is 0 Å². The van der Waals surface area contributed by atoms with Crippen LogP contribution in [0.4, 0.5) is 10.1 Å². The second-order valence-electron chi connectivity index (χ2n) is 5.44. The number of carbonyl (C=O) groups excluding carboxylic acids is 1. The highest BCUT2D eigenvalue weighted by Gasteiger charge is 2.26. The molecule has 23 heavy (non-hydrogen) atoms. The first kappa shape index (κ1) is 16.0. The zero-order valence-corrected chi connectivity index (χ0v) is 13.4. The Balaban J connectivity index is 1.68. The van der Waals surface area contributed by atoms with Crippen LogP contribution in [0.25, 0.3) is 0 Å². The number of halogens is 2. The molecule has 1 aromatic carbocycles. The molecule has 0 atom stereocenters. The van der Waals surface area contributed by atoms with Crippen molar-refractivity contribution in [2.24, 2.45) is 0 Å². The van der Waals surface area contributed by atoms with Crippen LogP contribution in [0.5, 0.6) is 0 Å². The highest BCUT2D eigenvalue weighted by molar-refractivity contribution is 6.34. The van der Waals surface area contributed by atoms with E-state index in [2.05, 4.69) is 5.16 Å². The summed E-state index contributed by atoms with van der Waals surface area (Å²) in [5, 5.41) is 3.78. The fourth-order valence-electron chi connectivity index (χ4n) is 2.67. The lowest BCUT2D eigenvalue weighted by Crippen LogP contribution is -2.38. The van der Waals surface area contributed by atoms with Crippen LogP contribution in [0.15, 0.2) is 22.7 Å². The van der Waals surface area contributed by atoms with Crippen molar-refractivity contribution in [3.05, 3.63) is 46.1 Å². The number of hydrogen-bond donors (Lipinski definition) is 0. The van der Waals surface area contributed by atoms with Gasteiger partial charge in [-0.1, -0.05) is 22.8 Å². The standard InChI is InChI=1S/C16H16ClFN2O3/c1-10-7-12(19-23-10)8-22-9-14(21)20-6-2-3-11-4-5-13(18)15(17)16(11)20/h4-5,7H,2-3,6,8-9H2,1H3. The van der Waals surface area contributed by atoms with Gasteiger partial charge in [-0.25, -0.2) is 4.39 Å². The predicted molar refractivity (Wildman–Crippen MR) is 83.0 cm³/mol. The molecular weight excluding hydrogens is 323 g/mol. The number of benzene rings is 1. The Morgan fingerprint density at radius 2 is 2.35 bits per heavy atom. The number of ether oxygens (including phenoxy) is 1. The summed E-state index contributed by atoms with van der Waals surface area (Å²) in [5.74, 6) is -0.0927. The number of hydrogen-bond acceptors (Lipinski definition) is 4. The van der Waals surface area contributed by atoms with Gasteiger partial charge in [0.15, 0.2) is 0 Å². The molecule has 0 bridgehead atoms. The molecule has 0 spiro atoms. The summed E-state index contributed by atoms with van der Waals surface area (Å²) in [5.41, 5.74) is 1.96. The van der Waals surface area contributed by atoms with Gasteiger partial charge in [-0.2, -0.15) is 0 Å². The maximum Gasteiger partial charge on any atom is 0.253 e. The van der Waals surface area contributed by atoms with Crippen molar-refractivity contribution in [2.75, 3.05) is 18.1 Å². The van der Waals surface area contributed by atoms with Gasteiger partial charge in [0.2, 0.25) is 0 Å². The minimum atomic E-state index is -0.524. The third kappa shape index (κ3) is 3.38. The van der Waals surface area contributed by atoms with E-state index in [0.29, 0.717) is 23.7 Å². The van der Waals surface area contributed by atoms with E-state index >= 15 is 0 Å². The van der Waals surface area contributed by atoms with Crippen molar-refractivity contribution < 1.29 is 18.4 Å². The maximum absolute atomic E-state index is 13.7. The third-order valence-electron chi connectivity index (χ3n) is 3.70. The summed E-state index contributed by atoms with van der Waals surface area (Å²) in [7, 11) is 0. The number of aryl methyl sites for hydroxylation is 2. The van der Waals surface area contributed by atoms with Crippen LogP contribution in [0.1, 0.15) is 23.4 Å². The van der Waals surface area contributed by atoms with E-state index in [1.165, 1.54) is 11.0 Å². The van der Waals surface area contributed by atoms with Gasteiger partial charge in [-0.15, -0.1) is 0 Å². The molecule has 0 fully saturated rings. The quantitative estimate of drug-likeness (QED) is 0.858. The van der Waals surface area contributed by atoms with Gasteiger partial charge in [0.25, 0.3) is 5.91 Å². The lowest BCUT2D eigenvalue weighted by Gasteiger charge is -2.30. The second-order valence-corrected chi connectivity index (χ2v) is 5.82. The van der Waals surface area contributed by atoms with Crippen LogP contribution in [0.2, 0.25) is 5.02 Å². The van der Waals surface area contributed by atoms with Crippen LogP contribution < -0.4 is 4.90 Å². The van der Waals surface area contributed by atoms with Crippen molar-refractivity contribution in [1.29, 1.82) is 0 Å². The maximum atomic E-state index is 13.7. The van der Waals surface area contributed by atoms with Gasteiger partial charge in [0.05, 0.1) is 12.3 Å². The van der Waals surface area contributed by atoms with Gasteiger partial charge in [-0.05, 0) is 31.4 Å². The number of rotatable bonds is 4. The normalized spacial score (nSPS) is 14.0. The minimum absolute atomic E-state index is 0.0114. The smallest absolute Gasteiger partial charge is 0.253 e. The number of fused-ring (bicyclic) bond motifs is 1. The summed E-state index contributed by atoms with van der Waals surface area (Å²) in [6.07, 6.45) is 1.58. The van der Waals surface area contributed by atoms with Crippen LogP contribution in [0.3, 0.4) is 0 Å². The summed E-state index contributed by atoms with van der Waals surface area (Å²) < 4.78 is 24.0. The average molecular weight is 339 g/mol. The number of nitrogens with zero attached hydrogens (tertiary/aromatic N) is 2. The van der Waals surface area contributed by atoms with Crippen LogP contribution in [-0.4, -0.2) is 24.2 Å². The Bertz CT molecular complexity index is 732. The summed E-state index contributed by atoms with van der Waals surface area (Å²) >= 11 is 6.05. The Morgan fingerprint density at radius 3 is 3.09 bits per heavy atom. The van der Waals surface area contributed by atoms with E-state index in [4.69, 9.17) is 20.9 Å². The van der Waals surface area contributed by atoms with Gasteiger partial charge >= 0.3 is 0 Å². The first-order chi connectivity index (χ1) is 11.1. The molecule has 0 unspecified atom stereocenters. The Morgan fingerprint density at radius 1 is 1.52 bits per heavy atom. The van der Waals surface area contributed by atoms with E-state index < -0.39 is 5.82 Å². The number of anilines is 1. The molecule has 2 heterocycles. The molecule has 0 saturated heterocycles. The molecule has 0 radical (unpaired) electrons. The first-order valence-corrected chi connectivity index (χ1v) is 7.71. The lowest BCUT2D eigenvalue weighted by molar-refractivity contribution is -0.123. The van der Waals surface area contributed by atoms with Crippen LogP contribution in [-0.2, 0) is 22.6 Å². The van der Waals surface area contributed by atoms with E-state index in [1.807, 2.05) is 0 Å². The highest BCUT2D eigenvalue weighted by atomic mass is 35.5.